The van der Waals surface area contributed by atoms with Gasteiger partial charge in [-0.15, -0.1) is 0 Å². The Kier molecular flexibility index (Phi) is 2.02. The Hall–Kier alpha value is -2.04. The number of nitrogens with zero attached hydrogens (tertiary/aromatic N) is 2. The van der Waals surface area contributed by atoms with Crippen LogP contribution in [0.4, 0.5) is 6.01 Å². The second kappa shape index (κ2) is 3.52. The van der Waals surface area contributed by atoms with Crippen molar-refractivity contribution in [2.75, 3.05) is 5.32 Å². The van der Waals surface area contributed by atoms with E-state index in [0.29, 0.717) is 17.9 Å². The summed E-state index contributed by atoms with van der Waals surface area (Å²) in [5.74, 6) is 0.679. The van der Waals surface area contributed by atoms with Crippen LogP contribution in [0.15, 0.2) is 28.8 Å². The highest BCUT2D eigenvalue weighted by Crippen LogP contribution is 2.26. The lowest BCUT2D eigenvalue weighted by Gasteiger charge is -1.95. The van der Waals surface area contributed by atoms with Crippen molar-refractivity contribution in [3.63, 3.8) is 0 Å². The second-order valence-electron chi connectivity index (χ2n) is 3.89. The number of nitrogens with one attached hydrogen (secondary N) is 1. The average Bonchev–Trinajstić information content (AvgIpc) is 2.94. The van der Waals surface area contributed by atoms with Gasteiger partial charge in [0.15, 0.2) is 0 Å². The van der Waals surface area contributed by atoms with Crippen LogP contribution >= 0.6 is 0 Å². The summed E-state index contributed by atoms with van der Waals surface area (Å²) < 4.78 is 5.06. The van der Waals surface area contributed by atoms with Gasteiger partial charge in [-0.25, -0.2) is 0 Å². The summed E-state index contributed by atoms with van der Waals surface area (Å²) in [5.41, 5.74) is 0.743. The number of phenols is 1. The third-order valence-corrected chi connectivity index (χ3v) is 2.44. The first-order chi connectivity index (χ1) is 7.81. The van der Waals surface area contributed by atoms with E-state index in [9.17, 15) is 5.11 Å². The Morgan fingerprint density at radius 3 is 3.00 bits per heavy atom. The fraction of sp³-hybridized carbons (Fsp3) is 0.273. The van der Waals surface area contributed by atoms with E-state index in [2.05, 4.69) is 15.5 Å². The van der Waals surface area contributed by atoms with Crippen LogP contribution in [0.25, 0.3) is 11.4 Å². The van der Waals surface area contributed by atoms with Crippen LogP contribution in [0.1, 0.15) is 12.8 Å². The Bertz CT molecular complexity index is 505. The largest absolute Gasteiger partial charge is 0.508 e. The van der Waals surface area contributed by atoms with E-state index < -0.39 is 0 Å². The summed E-state index contributed by atoms with van der Waals surface area (Å²) in [5, 5.41) is 16.3. The highest BCUT2D eigenvalue weighted by Gasteiger charge is 2.23. The third-order valence-electron chi connectivity index (χ3n) is 2.44. The van der Waals surface area contributed by atoms with Crippen molar-refractivity contribution in [1.82, 2.24) is 10.1 Å². The lowest BCUT2D eigenvalue weighted by molar-refractivity contribution is 0.431. The van der Waals surface area contributed by atoms with Crippen molar-refractivity contribution in [3.05, 3.63) is 24.3 Å². The van der Waals surface area contributed by atoms with Crippen LogP contribution in [0, 0.1) is 0 Å². The van der Waals surface area contributed by atoms with E-state index >= 15 is 0 Å². The summed E-state index contributed by atoms with van der Waals surface area (Å²) in [7, 11) is 0. The van der Waals surface area contributed by atoms with Gasteiger partial charge in [-0.1, -0.05) is 17.3 Å². The predicted octanol–water partition coefficient (Wildman–Crippen LogP) is 2.02. The molecule has 0 bridgehead atoms. The molecular weight excluding hydrogens is 206 g/mol. The average molecular weight is 217 g/mol. The first-order valence-corrected chi connectivity index (χ1v) is 5.21. The van der Waals surface area contributed by atoms with Crippen LogP contribution in [0.2, 0.25) is 0 Å². The van der Waals surface area contributed by atoms with Crippen LogP contribution in [0.3, 0.4) is 0 Å². The van der Waals surface area contributed by atoms with Gasteiger partial charge in [0, 0.05) is 11.6 Å². The zero-order chi connectivity index (χ0) is 11.0. The van der Waals surface area contributed by atoms with Gasteiger partial charge in [0.05, 0.1) is 0 Å². The van der Waals surface area contributed by atoms with Crippen molar-refractivity contribution >= 4 is 6.01 Å². The highest BCUT2D eigenvalue weighted by atomic mass is 16.5. The zero-order valence-corrected chi connectivity index (χ0v) is 8.55. The topological polar surface area (TPSA) is 71.2 Å². The SMILES string of the molecule is Oc1cccc(-c2noc(NC3CC3)n2)c1. The molecule has 82 valence electrons. The molecule has 0 spiro atoms. The molecule has 1 saturated carbocycles. The maximum absolute atomic E-state index is 9.33. The Morgan fingerprint density at radius 2 is 2.25 bits per heavy atom. The van der Waals surface area contributed by atoms with Crippen LogP contribution in [-0.4, -0.2) is 21.3 Å². The molecule has 0 amide bonds. The number of hydrogen-bond acceptors (Lipinski definition) is 5. The number of rotatable bonds is 3. The van der Waals surface area contributed by atoms with Gasteiger partial charge in [-0.2, -0.15) is 4.98 Å². The molecule has 0 aliphatic heterocycles. The first-order valence-electron chi connectivity index (χ1n) is 5.21. The molecule has 5 nitrogen and oxygen atoms in total. The van der Waals surface area contributed by atoms with Gasteiger partial charge in [0.2, 0.25) is 5.82 Å². The second-order valence-corrected chi connectivity index (χ2v) is 3.89. The fourth-order valence-corrected chi connectivity index (χ4v) is 1.45. The normalized spacial score (nSPS) is 15.0. The zero-order valence-electron chi connectivity index (χ0n) is 8.55. The molecule has 2 N–H and O–H groups in total. The number of aromatic nitrogens is 2. The number of aromatic hydroxyl groups is 1. The van der Waals surface area contributed by atoms with Gasteiger partial charge in [-0.05, 0) is 25.0 Å². The van der Waals surface area contributed by atoms with Crippen molar-refractivity contribution in [3.8, 4) is 17.1 Å². The molecule has 0 saturated heterocycles. The van der Waals surface area contributed by atoms with Crippen molar-refractivity contribution < 1.29 is 9.63 Å². The molecule has 0 radical (unpaired) electrons. The summed E-state index contributed by atoms with van der Waals surface area (Å²) in [6.45, 7) is 0. The monoisotopic (exact) mass is 217 g/mol. The summed E-state index contributed by atoms with van der Waals surface area (Å²) in [6, 6.07) is 7.71. The number of hydrogen-bond donors (Lipinski definition) is 2. The minimum atomic E-state index is 0.194. The third kappa shape index (κ3) is 1.84. The molecule has 1 aromatic carbocycles. The molecule has 1 fully saturated rings. The molecule has 3 rings (SSSR count). The molecule has 2 aromatic rings. The summed E-state index contributed by atoms with van der Waals surface area (Å²) >= 11 is 0. The van der Waals surface area contributed by atoms with E-state index in [-0.39, 0.29) is 5.75 Å². The van der Waals surface area contributed by atoms with Crippen LogP contribution < -0.4 is 5.32 Å². The lowest BCUT2D eigenvalue weighted by Crippen LogP contribution is -2.00. The summed E-state index contributed by atoms with van der Waals surface area (Å²) in [6.07, 6.45) is 2.31. The first kappa shape index (κ1) is 9.21. The minimum absolute atomic E-state index is 0.194. The van der Waals surface area contributed by atoms with Crippen LogP contribution in [0.5, 0.6) is 5.75 Å². The van der Waals surface area contributed by atoms with Crippen LogP contribution in [-0.2, 0) is 0 Å². The van der Waals surface area contributed by atoms with E-state index in [0.717, 1.165) is 18.4 Å². The Labute approximate surface area is 92.1 Å². The molecule has 1 aliphatic rings. The van der Waals surface area contributed by atoms with E-state index in [1.54, 1.807) is 18.2 Å². The van der Waals surface area contributed by atoms with E-state index in [1.165, 1.54) is 0 Å². The molecule has 0 unspecified atom stereocenters. The standard InChI is InChI=1S/C11H11N3O2/c15-9-3-1-2-7(6-9)10-13-11(16-14-10)12-8-4-5-8/h1-3,6,8,15H,4-5H2,(H,12,13,14). The summed E-state index contributed by atoms with van der Waals surface area (Å²) in [4.78, 5) is 4.20. The molecule has 1 heterocycles. The molecule has 1 aromatic heterocycles. The maximum Gasteiger partial charge on any atom is 0.322 e. The van der Waals surface area contributed by atoms with Crippen molar-refractivity contribution in [2.45, 2.75) is 18.9 Å². The van der Waals surface area contributed by atoms with E-state index in [4.69, 9.17) is 4.52 Å². The molecule has 16 heavy (non-hydrogen) atoms. The minimum Gasteiger partial charge on any atom is -0.508 e. The number of anilines is 1. The van der Waals surface area contributed by atoms with Gasteiger partial charge < -0.3 is 14.9 Å². The quantitative estimate of drug-likeness (QED) is 0.822. The highest BCUT2D eigenvalue weighted by molar-refractivity contribution is 5.57. The molecule has 5 heteroatoms. The molecule has 0 atom stereocenters. The number of phenolic OH excluding ortho intramolecular Hbond substituents is 1. The predicted molar refractivity (Wildman–Crippen MR) is 58.0 cm³/mol. The molecular formula is C11H11N3O2. The van der Waals surface area contributed by atoms with Crippen molar-refractivity contribution in [1.29, 1.82) is 0 Å². The van der Waals surface area contributed by atoms with Gasteiger partial charge >= 0.3 is 6.01 Å². The maximum atomic E-state index is 9.33. The fourth-order valence-electron chi connectivity index (χ4n) is 1.45. The Morgan fingerprint density at radius 1 is 1.38 bits per heavy atom. The van der Waals surface area contributed by atoms with Gasteiger partial charge in [-0.3, -0.25) is 0 Å². The molecule has 1 aliphatic carbocycles. The van der Waals surface area contributed by atoms with Crippen molar-refractivity contribution in [2.24, 2.45) is 0 Å². The van der Waals surface area contributed by atoms with Gasteiger partial charge in [0.25, 0.3) is 0 Å². The smallest absolute Gasteiger partial charge is 0.322 e. The van der Waals surface area contributed by atoms with E-state index in [1.807, 2.05) is 6.07 Å². The van der Waals surface area contributed by atoms with Gasteiger partial charge in [0.1, 0.15) is 5.75 Å². The number of benzene rings is 1. The Balaban J connectivity index is 1.85. The lowest BCUT2D eigenvalue weighted by atomic mass is 10.2.